The van der Waals surface area contributed by atoms with Crippen LogP contribution in [0.2, 0.25) is 0 Å². The number of hydrogen-bond donors (Lipinski definition) is 1. The van der Waals surface area contributed by atoms with Crippen molar-refractivity contribution in [1.29, 1.82) is 0 Å². The van der Waals surface area contributed by atoms with E-state index >= 15 is 0 Å². The van der Waals surface area contributed by atoms with Gasteiger partial charge in [0.05, 0.1) is 0 Å². The molecule has 1 N–H and O–H groups in total. The third kappa shape index (κ3) is 5.85. The fourth-order valence-electron chi connectivity index (χ4n) is 5.08. The molecule has 2 aliphatic heterocycles. The van der Waals surface area contributed by atoms with Crippen molar-refractivity contribution in [2.45, 2.75) is 51.7 Å². The predicted octanol–water partition coefficient (Wildman–Crippen LogP) is 5.86. The fourth-order valence-corrected chi connectivity index (χ4v) is 5.08. The van der Waals surface area contributed by atoms with E-state index in [1.165, 1.54) is 5.56 Å². The van der Waals surface area contributed by atoms with Gasteiger partial charge in [0.15, 0.2) is 18.1 Å². The minimum Gasteiger partial charge on any atom is -0.507 e. The van der Waals surface area contributed by atoms with Crippen molar-refractivity contribution in [2.24, 2.45) is 5.92 Å². The molecule has 1 amide bonds. The van der Waals surface area contributed by atoms with Gasteiger partial charge in [0.1, 0.15) is 23.7 Å². The van der Waals surface area contributed by atoms with Crippen LogP contribution in [0.1, 0.15) is 38.7 Å². The van der Waals surface area contributed by atoms with Crippen LogP contribution in [0.4, 0.5) is 0 Å². The number of phenols is 1. The number of aromatic hydroxyl groups is 1. The van der Waals surface area contributed by atoms with Gasteiger partial charge in [-0.05, 0) is 75.3 Å². The first kappa shape index (κ1) is 25.0. The summed E-state index contributed by atoms with van der Waals surface area (Å²) in [4.78, 5) is 14.8. The van der Waals surface area contributed by atoms with Crippen LogP contribution in [0.25, 0.3) is 11.1 Å². The number of hydrogen-bond acceptors (Lipinski definition) is 5. The lowest BCUT2D eigenvalue weighted by Crippen LogP contribution is -2.41. The van der Waals surface area contributed by atoms with Gasteiger partial charge in [-0.3, -0.25) is 4.79 Å². The SMILES string of the molecule is CC1Oc2ccc(CCC3CCN(C(=O)COc4ccccc4-c4ccccc4O)CC3)cc2OC1C. The summed E-state index contributed by atoms with van der Waals surface area (Å²) in [5.74, 6) is 3.04. The van der Waals surface area contributed by atoms with Crippen molar-refractivity contribution in [2.75, 3.05) is 19.7 Å². The number of fused-ring (bicyclic) bond motifs is 1. The predicted molar refractivity (Wildman–Crippen MR) is 143 cm³/mol. The summed E-state index contributed by atoms with van der Waals surface area (Å²) in [7, 11) is 0. The summed E-state index contributed by atoms with van der Waals surface area (Å²) >= 11 is 0. The molecule has 1 saturated heterocycles. The molecule has 2 aliphatic rings. The van der Waals surface area contributed by atoms with Gasteiger partial charge in [-0.15, -0.1) is 0 Å². The first-order valence-electron chi connectivity index (χ1n) is 13.2. The van der Waals surface area contributed by atoms with Crippen LogP contribution in [0, 0.1) is 5.92 Å². The van der Waals surface area contributed by atoms with Crippen LogP contribution >= 0.6 is 0 Å². The minimum absolute atomic E-state index is 0.000667. The van der Waals surface area contributed by atoms with Crippen molar-refractivity contribution in [3.8, 4) is 34.1 Å². The third-order valence-corrected chi connectivity index (χ3v) is 7.54. The zero-order chi connectivity index (χ0) is 25.8. The molecule has 6 heteroatoms. The lowest BCUT2D eigenvalue weighted by Gasteiger charge is -2.32. The third-order valence-electron chi connectivity index (χ3n) is 7.54. The Balaban J connectivity index is 1.10. The molecule has 0 bridgehead atoms. The molecule has 3 aromatic carbocycles. The number of aryl methyl sites for hydroxylation is 1. The molecule has 3 aromatic rings. The molecule has 2 unspecified atom stereocenters. The number of ether oxygens (including phenoxy) is 3. The van der Waals surface area contributed by atoms with Crippen molar-refractivity contribution >= 4 is 5.91 Å². The summed E-state index contributed by atoms with van der Waals surface area (Å²) in [6.07, 6.45) is 4.19. The zero-order valence-corrected chi connectivity index (χ0v) is 21.6. The van der Waals surface area contributed by atoms with Crippen LogP contribution in [0.15, 0.2) is 66.7 Å². The number of para-hydroxylation sites is 2. The first-order valence-corrected chi connectivity index (χ1v) is 13.2. The second-order valence-electron chi connectivity index (χ2n) is 10.1. The van der Waals surface area contributed by atoms with Gasteiger partial charge in [-0.25, -0.2) is 0 Å². The summed E-state index contributed by atoms with van der Waals surface area (Å²) in [6, 6.07) is 20.9. The van der Waals surface area contributed by atoms with Gasteiger partial charge in [0.25, 0.3) is 5.91 Å². The lowest BCUT2D eigenvalue weighted by atomic mass is 9.90. The van der Waals surface area contributed by atoms with E-state index in [4.69, 9.17) is 14.2 Å². The molecular formula is C31H35NO5. The molecule has 2 atom stereocenters. The van der Waals surface area contributed by atoms with Crippen LogP contribution in [-0.2, 0) is 11.2 Å². The number of likely N-dealkylation sites (tertiary alicyclic amines) is 1. The number of piperidine rings is 1. The number of benzene rings is 3. The highest BCUT2D eigenvalue weighted by atomic mass is 16.6. The van der Waals surface area contributed by atoms with Gasteiger partial charge in [-0.2, -0.15) is 0 Å². The Kier molecular flexibility index (Phi) is 7.54. The summed E-state index contributed by atoms with van der Waals surface area (Å²) in [6.45, 7) is 5.56. The molecular weight excluding hydrogens is 466 g/mol. The maximum absolute atomic E-state index is 12.9. The highest BCUT2D eigenvalue weighted by Gasteiger charge is 2.26. The molecule has 0 spiro atoms. The largest absolute Gasteiger partial charge is 0.507 e. The van der Waals surface area contributed by atoms with E-state index in [0.29, 0.717) is 17.2 Å². The van der Waals surface area contributed by atoms with Crippen LogP contribution in [-0.4, -0.2) is 47.8 Å². The zero-order valence-electron chi connectivity index (χ0n) is 21.6. The highest BCUT2D eigenvalue weighted by molar-refractivity contribution is 5.79. The topological polar surface area (TPSA) is 68.2 Å². The van der Waals surface area contributed by atoms with E-state index in [2.05, 4.69) is 12.1 Å². The van der Waals surface area contributed by atoms with Crippen molar-refractivity contribution in [3.63, 3.8) is 0 Å². The number of phenolic OH excluding ortho intramolecular Hbond substituents is 1. The Bertz CT molecular complexity index is 1230. The normalized spacial score (nSPS) is 19.5. The maximum Gasteiger partial charge on any atom is 0.260 e. The molecule has 37 heavy (non-hydrogen) atoms. The van der Waals surface area contributed by atoms with E-state index in [9.17, 15) is 9.90 Å². The van der Waals surface area contributed by atoms with Crippen molar-refractivity contribution in [1.82, 2.24) is 4.90 Å². The van der Waals surface area contributed by atoms with Crippen LogP contribution < -0.4 is 14.2 Å². The number of amides is 1. The highest BCUT2D eigenvalue weighted by Crippen LogP contribution is 2.36. The summed E-state index contributed by atoms with van der Waals surface area (Å²) < 4.78 is 17.9. The maximum atomic E-state index is 12.9. The smallest absolute Gasteiger partial charge is 0.260 e. The molecule has 5 rings (SSSR count). The van der Waals surface area contributed by atoms with Gasteiger partial charge < -0.3 is 24.2 Å². The van der Waals surface area contributed by atoms with Crippen LogP contribution in [0.5, 0.6) is 23.0 Å². The quantitative estimate of drug-likeness (QED) is 0.439. The first-order chi connectivity index (χ1) is 18.0. The average Bonchev–Trinajstić information content (AvgIpc) is 2.92. The van der Waals surface area contributed by atoms with E-state index in [-0.39, 0.29) is 30.5 Å². The Hall–Kier alpha value is -3.67. The lowest BCUT2D eigenvalue weighted by molar-refractivity contribution is -0.134. The molecule has 194 valence electrons. The number of carbonyl (C=O) groups is 1. The fraction of sp³-hybridized carbons (Fsp3) is 0.387. The number of rotatable bonds is 7. The van der Waals surface area contributed by atoms with Gasteiger partial charge in [-0.1, -0.05) is 42.5 Å². The van der Waals surface area contributed by atoms with Gasteiger partial charge >= 0.3 is 0 Å². The Morgan fingerprint density at radius 3 is 2.35 bits per heavy atom. The number of nitrogens with zero attached hydrogens (tertiary/aromatic N) is 1. The standard InChI is InChI=1S/C31H35NO5/c1-21-22(2)37-30-19-24(13-14-29(30)36-21)12-11-23-15-17-32(18-16-23)31(34)20-35-28-10-6-4-8-26(28)25-7-3-5-9-27(25)33/h3-10,13-14,19,21-23,33H,11-12,15-18,20H2,1-2H3. The molecule has 0 aliphatic carbocycles. The van der Waals surface area contributed by atoms with E-state index in [1.54, 1.807) is 12.1 Å². The Morgan fingerprint density at radius 1 is 0.919 bits per heavy atom. The second kappa shape index (κ2) is 11.2. The van der Waals surface area contributed by atoms with Crippen LogP contribution in [0.3, 0.4) is 0 Å². The molecule has 0 radical (unpaired) electrons. The average molecular weight is 502 g/mol. The molecule has 0 saturated carbocycles. The van der Waals surface area contributed by atoms with E-state index in [0.717, 1.165) is 55.8 Å². The minimum atomic E-state index is -0.0104. The van der Waals surface area contributed by atoms with Gasteiger partial charge in [0.2, 0.25) is 0 Å². The monoisotopic (exact) mass is 501 g/mol. The van der Waals surface area contributed by atoms with Gasteiger partial charge in [0, 0.05) is 24.2 Å². The Labute approximate surface area is 218 Å². The molecule has 2 heterocycles. The summed E-state index contributed by atoms with van der Waals surface area (Å²) in [5.41, 5.74) is 2.72. The van der Waals surface area contributed by atoms with E-state index in [1.807, 2.05) is 61.2 Å². The van der Waals surface area contributed by atoms with Crippen molar-refractivity contribution in [3.05, 3.63) is 72.3 Å². The second-order valence-corrected chi connectivity index (χ2v) is 10.1. The Morgan fingerprint density at radius 2 is 1.59 bits per heavy atom. The van der Waals surface area contributed by atoms with E-state index < -0.39 is 0 Å². The van der Waals surface area contributed by atoms with Crippen molar-refractivity contribution < 1.29 is 24.1 Å². The molecule has 6 nitrogen and oxygen atoms in total. The summed E-state index contributed by atoms with van der Waals surface area (Å²) in [5, 5.41) is 10.2. The number of carbonyl (C=O) groups excluding carboxylic acids is 1. The molecule has 0 aromatic heterocycles. The molecule has 1 fully saturated rings.